The van der Waals surface area contributed by atoms with E-state index in [2.05, 4.69) is 20.8 Å². The normalized spacial score (nSPS) is 15.8. The molecule has 0 radical (unpaired) electrons. The van der Waals surface area contributed by atoms with E-state index in [-0.39, 0.29) is 40.4 Å². The lowest BCUT2D eigenvalue weighted by atomic mass is 9.93. The number of alkyl halides is 9. The number of aliphatic hydroxyl groups excluding tert-OH is 1. The first-order valence-corrected chi connectivity index (χ1v) is 14.1. The van der Waals surface area contributed by atoms with Gasteiger partial charge in [0.2, 0.25) is 0 Å². The molecule has 0 bridgehead atoms. The standard InChI is InChI=1S/C28H27F6N5O.C2HF3O2/c29-27(30,31)23-15-19(1-3-21(23)17-5-9-35-10-6-17)25-37-38-26(39(25)13-14-40)20-2-4-22(18-7-11-36-12-8-18)24(16-20)28(32,33)34;3-2(4,5)1(6)7/h1-5,7,15-16,35-36,40H,6,8-14H2;(H,6,7). The second-order valence-corrected chi connectivity index (χ2v) is 10.4. The van der Waals surface area contributed by atoms with Crippen molar-refractivity contribution in [3.8, 4) is 22.8 Å². The second kappa shape index (κ2) is 14.3. The highest BCUT2D eigenvalue weighted by Crippen LogP contribution is 2.41. The van der Waals surface area contributed by atoms with Crippen molar-refractivity contribution in [2.75, 3.05) is 32.8 Å². The number of aliphatic carboxylic acids is 1. The highest BCUT2D eigenvalue weighted by atomic mass is 19.4. The monoisotopic (exact) mass is 677 g/mol. The summed E-state index contributed by atoms with van der Waals surface area (Å²) in [6.45, 7) is 1.51. The van der Waals surface area contributed by atoms with Crippen LogP contribution in [0.3, 0.4) is 0 Å². The lowest BCUT2D eigenvalue weighted by molar-refractivity contribution is -0.192. The third kappa shape index (κ3) is 8.58. The van der Waals surface area contributed by atoms with Gasteiger partial charge in [0.05, 0.1) is 17.7 Å². The van der Waals surface area contributed by atoms with Gasteiger partial charge in [0.1, 0.15) is 0 Å². The highest BCUT2D eigenvalue weighted by Gasteiger charge is 2.38. The Balaban J connectivity index is 0.000000644. The average molecular weight is 678 g/mol. The molecule has 0 unspecified atom stereocenters. The number of aliphatic hydroxyl groups is 1. The molecule has 0 spiro atoms. The number of nitrogens with zero attached hydrogens (tertiary/aromatic N) is 3. The number of carboxylic acid groups (broad SMARTS) is 1. The van der Waals surface area contributed by atoms with Crippen molar-refractivity contribution >= 4 is 17.1 Å². The van der Waals surface area contributed by atoms with Gasteiger partial charge in [-0.3, -0.25) is 0 Å². The van der Waals surface area contributed by atoms with E-state index in [4.69, 9.17) is 9.90 Å². The number of rotatable bonds is 6. The molecule has 0 atom stereocenters. The van der Waals surface area contributed by atoms with Gasteiger partial charge >= 0.3 is 24.5 Å². The minimum Gasteiger partial charge on any atom is -0.475 e. The van der Waals surface area contributed by atoms with Gasteiger partial charge < -0.3 is 25.4 Å². The van der Waals surface area contributed by atoms with E-state index in [9.17, 15) is 44.6 Å². The predicted octanol–water partition coefficient (Wildman–Crippen LogP) is 6.03. The van der Waals surface area contributed by atoms with Crippen molar-refractivity contribution in [3.05, 3.63) is 70.8 Å². The molecule has 2 aromatic carbocycles. The molecule has 0 saturated carbocycles. The van der Waals surface area contributed by atoms with Crippen molar-refractivity contribution < 1.29 is 54.5 Å². The minimum atomic E-state index is -5.08. The van der Waals surface area contributed by atoms with Gasteiger partial charge in [-0.1, -0.05) is 36.4 Å². The molecule has 2 aliphatic heterocycles. The molecule has 3 heterocycles. The summed E-state index contributed by atoms with van der Waals surface area (Å²) in [6, 6.07) is 7.71. The topological polar surface area (TPSA) is 112 Å². The van der Waals surface area contributed by atoms with Gasteiger partial charge in [-0.05, 0) is 60.3 Å². The maximum absolute atomic E-state index is 14.1. The summed E-state index contributed by atoms with van der Waals surface area (Å²) in [6.07, 6.45) is -10.1. The summed E-state index contributed by atoms with van der Waals surface area (Å²) in [5.41, 5.74) is -0.185. The highest BCUT2D eigenvalue weighted by molar-refractivity contribution is 5.75. The van der Waals surface area contributed by atoms with E-state index in [1.165, 1.54) is 28.8 Å². The van der Waals surface area contributed by atoms with Crippen molar-refractivity contribution in [3.63, 3.8) is 0 Å². The Kier molecular flexibility index (Phi) is 10.8. The van der Waals surface area contributed by atoms with Crippen LogP contribution >= 0.6 is 0 Å². The maximum atomic E-state index is 14.1. The van der Waals surface area contributed by atoms with Gasteiger partial charge in [-0.15, -0.1) is 10.2 Å². The third-order valence-corrected chi connectivity index (χ3v) is 7.30. The van der Waals surface area contributed by atoms with Crippen molar-refractivity contribution in [2.45, 2.75) is 37.9 Å². The number of hydrogen-bond donors (Lipinski definition) is 4. The Bertz CT molecular complexity index is 1550. The first-order valence-electron chi connectivity index (χ1n) is 14.1. The molecule has 4 N–H and O–H groups in total. The molecule has 0 aliphatic carbocycles. The van der Waals surface area contributed by atoms with Crippen molar-refractivity contribution in [1.29, 1.82) is 0 Å². The van der Waals surface area contributed by atoms with Crippen LogP contribution in [0.25, 0.3) is 33.9 Å². The van der Waals surface area contributed by atoms with E-state index >= 15 is 0 Å². The Labute approximate surface area is 261 Å². The van der Waals surface area contributed by atoms with Crippen LogP contribution in [0.15, 0.2) is 48.6 Å². The minimum absolute atomic E-state index is 0.0130. The van der Waals surface area contributed by atoms with Gasteiger partial charge in [-0.2, -0.15) is 39.5 Å². The second-order valence-electron chi connectivity index (χ2n) is 10.4. The molecule has 5 rings (SSSR count). The summed E-state index contributed by atoms with van der Waals surface area (Å²) in [7, 11) is 0. The molecular formula is C30H28F9N5O3. The molecule has 254 valence electrons. The first-order chi connectivity index (χ1) is 22.0. The summed E-state index contributed by atoms with van der Waals surface area (Å²) < 4.78 is 118. The summed E-state index contributed by atoms with van der Waals surface area (Å²) in [4.78, 5) is 8.90. The quantitative estimate of drug-likeness (QED) is 0.236. The smallest absolute Gasteiger partial charge is 0.475 e. The Morgan fingerprint density at radius 2 is 1.15 bits per heavy atom. The number of aromatic nitrogens is 3. The van der Waals surface area contributed by atoms with Crippen LogP contribution in [0, 0.1) is 0 Å². The summed E-state index contributed by atoms with van der Waals surface area (Å²) in [5, 5.41) is 31.1. The zero-order chi connectivity index (χ0) is 34.6. The molecule has 1 aromatic heterocycles. The number of hydrogen-bond acceptors (Lipinski definition) is 6. The molecular weight excluding hydrogens is 649 g/mol. The van der Waals surface area contributed by atoms with Crippen LogP contribution < -0.4 is 10.6 Å². The van der Waals surface area contributed by atoms with Crippen LogP contribution in [-0.2, 0) is 23.7 Å². The van der Waals surface area contributed by atoms with E-state index in [1.54, 1.807) is 12.2 Å². The number of halogens is 9. The molecule has 3 aromatic rings. The largest absolute Gasteiger partial charge is 0.490 e. The average Bonchev–Trinajstić information content (AvgIpc) is 3.44. The van der Waals surface area contributed by atoms with Crippen LogP contribution in [0.5, 0.6) is 0 Å². The van der Waals surface area contributed by atoms with Gasteiger partial charge in [0.15, 0.2) is 11.6 Å². The fraction of sp³-hybridized carbons (Fsp3) is 0.367. The van der Waals surface area contributed by atoms with Crippen LogP contribution in [-0.4, -0.2) is 69.9 Å². The van der Waals surface area contributed by atoms with Crippen LogP contribution in [0.1, 0.15) is 35.1 Å². The number of carbonyl (C=O) groups is 1. The molecule has 0 fully saturated rings. The Morgan fingerprint density at radius 1 is 0.745 bits per heavy atom. The summed E-state index contributed by atoms with van der Waals surface area (Å²) in [5.74, 6) is -2.73. The van der Waals surface area contributed by atoms with Gasteiger partial charge in [0.25, 0.3) is 0 Å². The number of nitrogens with one attached hydrogen (secondary N) is 2. The SMILES string of the molecule is O=C(O)C(F)(F)F.OCCn1c(-c2ccc(C3=CCNCC3)c(C(F)(F)F)c2)nnc1-c1ccc(C2=CCNCC2)c(C(F)(F)F)c1. The van der Waals surface area contributed by atoms with E-state index < -0.39 is 42.2 Å². The third-order valence-electron chi connectivity index (χ3n) is 7.30. The zero-order valence-corrected chi connectivity index (χ0v) is 24.3. The van der Waals surface area contributed by atoms with E-state index in [0.717, 1.165) is 12.1 Å². The molecule has 2 aliphatic rings. The first kappa shape index (κ1) is 35.6. The van der Waals surface area contributed by atoms with Gasteiger partial charge in [0, 0.05) is 30.8 Å². The van der Waals surface area contributed by atoms with Crippen molar-refractivity contribution in [2.24, 2.45) is 0 Å². The number of carboxylic acids is 1. The van der Waals surface area contributed by atoms with Crippen molar-refractivity contribution in [1.82, 2.24) is 25.4 Å². The fourth-order valence-electron chi connectivity index (χ4n) is 5.17. The molecule has 17 heteroatoms. The predicted molar refractivity (Wildman–Crippen MR) is 153 cm³/mol. The lowest BCUT2D eigenvalue weighted by Gasteiger charge is -2.20. The van der Waals surface area contributed by atoms with Crippen LogP contribution in [0.4, 0.5) is 39.5 Å². The van der Waals surface area contributed by atoms with E-state index in [1.807, 2.05) is 0 Å². The van der Waals surface area contributed by atoms with Gasteiger partial charge in [-0.25, -0.2) is 4.79 Å². The van der Waals surface area contributed by atoms with E-state index in [0.29, 0.717) is 50.2 Å². The van der Waals surface area contributed by atoms with Crippen LogP contribution in [0.2, 0.25) is 0 Å². The number of benzene rings is 2. The fourth-order valence-corrected chi connectivity index (χ4v) is 5.17. The molecule has 47 heavy (non-hydrogen) atoms. The zero-order valence-electron chi connectivity index (χ0n) is 24.3. The molecule has 0 amide bonds. The Hall–Kier alpha value is -4.22. The molecule has 8 nitrogen and oxygen atoms in total. The molecule has 0 saturated heterocycles. The lowest BCUT2D eigenvalue weighted by Crippen LogP contribution is -2.21. The Morgan fingerprint density at radius 3 is 1.45 bits per heavy atom. The maximum Gasteiger partial charge on any atom is 0.490 e. The summed E-state index contributed by atoms with van der Waals surface area (Å²) >= 11 is 0.